The zero-order valence-electron chi connectivity index (χ0n) is 18.4. The monoisotopic (exact) mass is 416 g/mol. The van der Waals surface area contributed by atoms with Crippen LogP contribution in [-0.4, -0.2) is 87.4 Å². The van der Waals surface area contributed by atoms with E-state index in [4.69, 9.17) is 14.2 Å². The number of nitrogens with zero attached hydrogens (tertiary/aromatic N) is 2. The minimum absolute atomic E-state index is 0.215. The predicted molar refractivity (Wildman–Crippen MR) is 109 cm³/mol. The average molecular weight is 417 g/mol. The maximum Gasteiger partial charge on any atom is 0.410 e. The topological polar surface area (TPSA) is 85.4 Å². The Kier molecular flexibility index (Phi) is 8.94. The summed E-state index contributed by atoms with van der Waals surface area (Å²) < 4.78 is 16.0. The number of amides is 2. The Morgan fingerprint density at radius 1 is 1.14 bits per heavy atom. The minimum atomic E-state index is -1.35. The molecule has 1 atom stereocenters. The van der Waals surface area contributed by atoms with E-state index in [0.717, 1.165) is 6.04 Å². The van der Waals surface area contributed by atoms with E-state index in [-0.39, 0.29) is 12.3 Å². The third-order valence-corrected chi connectivity index (χ3v) is 5.93. The molecule has 0 bridgehead atoms. The molecule has 0 saturated carbocycles. The largest absolute Gasteiger partial charge is 0.460 e. The second-order valence-corrected chi connectivity index (χ2v) is 14.9. The molecule has 1 rings (SSSR count). The normalized spacial score (nSPS) is 16.3. The van der Waals surface area contributed by atoms with Crippen molar-refractivity contribution in [3.63, 3.8) is 0 Å². The molecule has 0 radical (unpaired) electrons. The van der Waals surface area contributed by atoms with Crippen molar-refractivity contribution in [3.8, 4) is 0 Å². The van der Waals surface area contributed by atoms with Crippen LogP contribution >= 0.6 is 0 Å². The summed E-state index contributed by atoms with van der Waals surface area (Å²) >= 11 is 0. The second-order valence-electron chi connectivity index (χ2n) is 9.28. The molecular formula is C19H36N2O6Si. The molecule has 1 aliphatic rings. The lowest BCUT2D eigenvalue weighted by Crippen LogP contribution is -2.53. The van der Waals surface area contributed by atoms with Crippen molar-refractivity contribution in [3.05, 3.63) is 0 Å². The average Bonchev–Trinajstić information content (AvgIpc) is 2.56. The van der Waals surface area contributed by atoms with E-state index in [9.17, 15) is 14.4 Å². The standard InChI is InChI=1S/C19H36N2O6Si/c1-19(2,3)27-16(22)14-15(17(23)21-8-10-25-11-9-21)20(4)18(24)26-12-13-28(5,6)7/h15H,8-14H2,1-7H3. The van der Waals surface area contributed by atoms with Gasteiger partial charge in [-0.1, -0.05) is 19.6 Å². The third-order valence-electron chi connectivity index (χ3n) is 4.22. The third kappa shape index (κ3) is 9.05. The van der Waals surface area contributed by atoms with E-state index in [2.05, 4.69) is 19.6 Å². The van der Waals surface area contributed by atoms with Crippen LogP contribution in [0.15, 0.2) is 0 Å². The highest BCUT2D eigenvalue weighted by molar-refractivity contribution is 6.76. The van der Waals surface area contributed by atoms with Gasteiger partial charge in [0.15, 0.2) is 0 Å². The van der Waals surface area contributed by atoms with E-state index in [1.807, 2.05) is 0 Å². The molecule has 2 amide bonds. The van der Waals surface area contributed by atoms with Crippen molar-refractivity contribution < 1.29 is 28.6 Å². The Morgan fingerprint density at radius 2 is 1.71 bits per heavy atom. The molecule has 162 valence electrons. The zero-order chi connectivity index (χ0) is 21.5. The fourth-order valence-corrected chi connectivity index (χ4v) is 3.31. The lowest BCUT2D eigenvalue weighted by Gasteiger charge is -2.34. The van der Waals surface area contributed by atoms with Gasteiger partial charge >= 0.3 is 12.1 Å². The lowest BCUT2D eigenvalue weighted by molar-refractivity contribution is -0.159. The molecular weight excluding hydrogens is 380 g/mol. The number of carbonyl (C=O) groups excluding carboxylic acids is 3. The number of morpholine rings is 1. The van der Waals surface area contributed by atoms with Crippen LogP contribution in [0.5, 0.6) is 0 Å². The zero-order valence-corrected chi connectivity index (χ0v) is 19.4. The van der Waals surface area contributed by atoms with Crippen LogP contribution < -0.4 is 0 Å². The molecule has 1 unspecified atom stereocenters. The molecule has 0 N–H and O–H groups in total. The van der Waals surface area contributed by atoms with Crippen molar-refractivity contribution in [2.24, 2.45) is 0 Å². The molecule has 1 heterocycles. The lowest BCUT2D eigenvalue weighted by atomic mass is 10.1. The molecule has 1 fully saturated rings. The summed E-state index contributed by atoms with van der Waals surface area (Å²) in [5, 5.41) is 0. The molecule has 0 aromatic rings. The van der Waals surface area contributed by atoms with Crippen LogP contribution in [0.2, 0.25) is 25.7 Å². The van der Waals surface area contributed by atoms with Gasteiger partial charge in [-0.2, -0.15) is 0 Å². The van der Waals surface area contributed by atoms with Crippen LogP contribution in [0.25, 0.3) is 0 Å². The number of hydrogen-bond acceptors (Lipinski definition) is 6. The van der Waals surface area contributed by atoms with E-state index in [0.29, 0.717) is 32.9 Å². The summed E-state index contributed by atoms with van der Waals surface area (Å²) in [5.74, 6) is -0.820. The van der Waals surface area contributed by atoms with E-state index in [1.165, 1.54) is 11.9 Å². The Morgan fingerprint density at radius 3 is 2.21 bits per heavy atom. The van der Waals surface area contributed by atoms with Gasteiger partial charge < -0.3 is 19.1 Å². The highest BCUT2D eigenvalue weighted by Gasteiger charge is 2.35. The molecule has 0 aromatic heterocycles. The Labute approximate surface area is 169 Å². The highest BCUT2D eigenvalue weighted by atomic mass is 28.3. The number of ether oxygens (including phenoxy) is 3. The molecule has 0 aromatic carbocycles. The number of carbonyl (C=O) groups is 3. The maximum absolute atomic E-state index is 13.0. The molecule has 1 saturated heterocycles. The van der Waals surface area contributed by atoms with Gasteiger partial charge in [-0.3, -0.25) is 14.5 Å². The van der Waals surface area contributed by atoms with Crippen molar-refractivity contribution in [1.29, 1.82) is 0 Å². The van der Waals surface area contributed by atoms with Crippen LogP contribution in [0.4, 0.5) is 4.79 Å². The first-order valence-electron chi connectivity index (χ1n) is 9.78. The fraction of sp³-hybridized carbons (Fsp3) is 0.842. The van der Waals surface area contributed by atoms with Crippen LogP contribution in [-0.2, 0) is 23.8 Å². The van der Waals surface area contributed by atoms with Gasteiger partial charge in [-0.15, -0.1) is 0 Å². The first-order valence-corrected chi connectivity index (χ1v) is 13.5. The van der Waals surface area contributed by atoms with Gasteiger partial charge in [0.2, 0.25) is 5.91 Å². The van der Waals surface area contributed by atoms with Gasteiger partial charge in [-0.05, 0) is 26.8 Å². The highest BCUT2D eigenvalue weighted by Crippen LogP contribution is 2.16. The van der Waals surface area contributed by atoms with Gasteiger partial charge in [0.05, 0.1) is 26.2 Å². The fourth-order valence-electron chi connectivity index (χ4n) is 2.60. The summed E-state index contributed by atoms with van der Waals surface area (Å²) in [6.07, 6.45) is -0.819. The first-order chi connectivity index (χ1) is 12.8. The molecule has 28 heavy (non-hydrogen) atoms. The van der Waals surface area contributed by atoms with E-state index in [1.54, 1.807) is 25.7 Å². The van der Waals surface area contributed by atoms with Crippen molar-refractivity contribution >= 4 is 26.0 Å². The predicted octanol–water partition coefficient (Wildman–Crippen LogP) is 2.35. The van der Waals surface area contributed by atoms with Crippen molar-refractivity contribution in [1.82, 2.24) is 9.80 Å². The van der Waals surface area contributed by atoms with Gasteiger partial charge in [0.25, 0.3) is 0 Å². The number of hydrogen-bond donors (Lipinski definition) is 0. The summed E-state index contributed by atoms with van der Waals surface area (Å²) in [5.41, 5.74) is -0.667. The molecule has 0 spiro atoms. The number of rotatable bonds is 7. The SMILES string of the molecule is CN(C(=O)OCC[Si](C)(C)C)C(CC(=O)OC(C)(C)C)C(=O)N1CCOCC1. The Hall–Kier alpha value is -1.61. The summed E-state index contributed by atoms with van der Waals surface area (Å²) in [6.45, 7) is 13.9. The van der Waals surface area contributed by atoms with Crippen molar-refractivity contribution in [2.75, 3.05) is 40.0 Å². The molecule has 1 aliphatic heterocycles. The first kappa shape index (κ1) is 24.4. The summed E-state index contributed by atoms with van der Waals surface area (Å²) in [4.78, 5) is 40.7. The molecule has 8 nitrogen and oxygen atoms in total. The summed E-state index contributed by atoms with van der Waals surface area (Å²) in [7, 11) is 0.144. The minimum Gasteiger partial charge on any atom is -0.460 e. The molecule has 9 heteroatoms. The summed E-state index contributed by atoms with van der Waals surface area (Å²) in [6, 6.07) is -0.131. The van der Waals surface area contributed by atoms with Crippen LogP contribution in [0.1, 0.15) is 27.2 Å². The second kappa shape index (κ2) is 10.2. The smallest absolute Gasteiger partial charge is 0.410 e. The number of esters is 1. The number of likely N-dealkylation sites (N-methyl/N-ethyl adjacent to an activating group) is 1. The van der Waals surface area contributed by atoms with Gasteiger partial charge in [0.1, 0.15) is 11.6 Å². The van der Waals surface area contributed by atoms with Gasteiger partial charge in [-0.25, -0.2) is 4.79 Å². The molecule has 0 aliphatic carbocycles. The van der Waals surface area contributed by atoms with Crippen LogP contribution in [0, 0.1) is 0 Å². The Bertz CT molecular complexity index is 550. The van der Waals surface area contributed by atoms with Crippen molar-refractivity contribution in [2.45, 2.75) is 64.5 Å². The maximum atomic E-state index is 13.0. The van der Waals surface area contributed by atoms with E-state index < -0.39 is 31.8 Å². The van der Waals surface area contributed by atoms with Crippen LogP contribution in [0.3, 0.4) is 0 Å². The van der Waals surface area contributed by atoms with Gasteiger partial charge in [0, 0.05) is 28.2 Å². The quantitative estimate of drug-likeness (QED) is 0.468. The van der Waals surface area contributed by atoms with E-state index >= 15 is 0 Å². The Balaban J connectivity index is 2.83.